The van der Waals surface area contributed by atoms with E-state index in [0.717, 1.165) is 135 Å². The Bertz CT molecular complexity index is 2870. The van der Waals surface area contributed by atoms with Crippen molar-refractivity contribution in [3.05, 3.63) is 36.5 Å². The van der Waals surface area contributed by atoms with Gasteiger partial charge in [0.25, 0.3) is 0 Å². The maximum Gasteiger partial charge on any atom is 0.310 e. The summed E-state index contributed by atoms with van der Waals surface area (Å²) in [7, 11) is 0. The van der Waals surface area contributed by atoms with Crippen molar-refractivity contribution in [1.29, 1.82) is 0 Å². The molecule has 0 aromatic carbocycles. The molecule has 18 unspecified atom stereocenters. The van der Waals surface area contributed by atoms with E-state index in [9.17, 15) is 43.2 Å². The van der Waals surface area contributed by atoms with Gasteiger partial charge in [0.15, 0.2) is 18.3 Å². The number of unbranched alkanes of at least 4 members (excludes halogenated alkanes) is 3. The molecule has 9 fully saturated rings. The summed E-state index contributed by atoms with van der Waals surface area (Å²) < 4.78 is 114. The molecule has 9 heterocycles. The number of carbonyl (C=O) groups excluding carboxylic acids is 9. The summed E-state index contributed by atoms with van der Waals surface area (Å²) in [6, 6.07) is 0. The first kappa shape index (κ1) is 98.1. The lowest BCUT2D eigenvalue weighted by molar-refractivity contribution is -0.167. The summed E-state index contributed by atoms with van der Waals surface area (Å²) in [5.74, 6) is -4.07. The maximum atomic E-state index is 12.6. The van der Waals surface area contributed by atoms with Crippen LogP contribution in [-0.4, -0.2) is 261 Å². The summed E-state index contributed by atoms with van der Waals surface area (Å²) in [5.41, 5.74) is 0. The second kappa shape index (κ2) is 55.8. The number of carbonyl (C=O) groups is 9. The van der Waals surface area contributed by atoms with Crippen molar-refractivity contribution in [2.75, 3.05) is 79.3 Å². The lowest BCUT2D eigenvalue weighted by Gasteiger charge is -2.18. The highest BCUT2D eigenvalue weighted by atomic mass is 16.7. The van der Waals surface area contributed by atoms with E-state index < -0.39 is 72.0 Å². The van der Waals surface area contributed by atoms with Crippen molar-refractivity contribution in [1.82, 2.24) is 0 Å². The van der Waals surface area contributed by atoms with Gasteiger partial charge in [0.2, 0.25) is 0 Å². The monoisotopic (exact) mass is 1660 g/mol. The molecule has 18 atom stereocenters. The molecule has 666 valence electrons. The summed E-state index contributed by atoms with van der Waals surface area (Å²) in [6.45, 7) is 21.5. The Balaban J connectivity index is 0.000000248. The van der Waals surface area contributed by atoms with Gasteiger partial charge < -0.3 is 99.5 Å². The lowest BCUT2D eigenvalue weighted by Crippen LogP contribution is -2.31. The minimum Gasteiger partial charge on any atom is -0.462 e. The second-order valence-corrected chi connectivity index (χ2v) is 31.4. The Hall–Kier alpha value is -6.03. The molecule has 0 amide bonds. The topological polar surface area (TPSA) is 377 Å². The molecule has 0 bridgehead atoms. The van der Waals surface area contributed by atoms with Gasteiger partial charge in [0.1, 0.15) is 58.0 Å². The average Bonchev–Trinajstić information content (AvgIpc) is 1.72. The number of hydrogen-bond donors (Lipinski definition) is 0. The molecule has 0 radical (unpaired) electrons. The van der Waals surface area contributed by atoms with Gasteiger partial charge in [-0.2, -0.15) is 0 Å². The second-order valence-electron chi connectivity index (χ2n) is 31.4. The SMILES string of the molecule is CCC(C/C=C/CC(=O)OCC(COC(=O)C/C=C/CC(CC)OCC1CO1)OC(=O)C/C=C/CC(CC)OCC1CO1)OCC1CO1.CCCC1OC1CC(=O)OCC(COC(=O)CC1OC1CCC)OC(=O)CC1OC1CCC.CCCCC1OC1CC(=O)OCC(COC(=O)CC1OC1CCCC)OC(=O)CC1OC1CCCC. The number of esters is 9. The van der Waals surface area contributed by atoms with Gasteiger partial charge in [0.05, 0.1) is 189 Å². The Morgan fingerprint density at radius 3 is 0.744 bits per heavy atom. The molecule has 0 N–H and O–H groups in total. The van der Waals surface area contributed by atoms with Gasteiger partial charge in [-0.1, -0.05) is 157 Å². The minimum atomic E-state index is -0.943. The van der Waals surface area contributed by atoms with Crippen molar-refractivity contribution in [2.24, 2.45) is 0 Å². The predicted molar refractivity (Wildman–Crippen MR) is 423 cm³/mol. The van der Waals surface area contributed by atoms with Crippen LogP contribution in [0.15, 0.2) is 36.5 Å². The van der Waals surface area contributed by atoms with Crippen molar-refractivity contribution < 1.29 is 143 Å². The maximum absolute atomic E-state index is 12.6. The van der Waals surface area contributed by atoms with Crippen LogP contribution in [0.5, 0.6) is 0 Å². The van der Waals surface area contributed by atoms with Gasteiger partial charge in [-0.25, -0.2) is 0 Å². The third-order valence-electron chi connectivity index (χ3n) is 20.7. The van der Waals surface area contributed by atoms with Crippen LogP contribution in [0.2, 0.25) is 0 Å². The predicted octanol–water partition coefficient (Wildman–Crippen LogP) is 11.5. The molecular formula is C87H138O30. The van der Waals surface area contributed by atoms with Crippen molar-refractivity contribution in [2.45, 2.75) is 383 Å². The Labute approximate surface area is 692 Å². The van der Waals surface area contributed by atoms with E-state index in [0.29, 0.717) is 39.1 Å². The van der Waals surface area contributed by atoms with E-state index >= 15 is 0 Å². The highest BCUT2D eigenvalue weighted by Crippen LogP contribution is 2.35. The van der Waals surface area contributed by atoms with Crippen molar-refractivity contribution in [3.8, 4) is 0 Å². The van der Waals surface area contributed by atoms with Crippen molar-refractivity contribution in [3.63, 3.8) is 0 Å². The molecule has 9 aliphatic heterocycles. The highest BCUT2D eigenvalue weighted by molar-refractivity contribution is 5.75. The van der Waals surface area contributed by atoms with E-state index in [4.69, 9.17) is 99.5 Å². The van der Waals surface area contributed by atoms with E-state index in [-0.39, 0.29) is 207 Å². The molecule has 9 aliphatic rings. The fraction of sp³-hybridized carbons (Fsp3) is 0.828. The van der Waals surface area contributed by atoms with Crippen LogP contribution in [0.25, 0.3) is 0 Å². The molecule has 0 aromatic heterocycles. The molecule has 30 nitrogen and oxygen atoms in total. The van der Waals surface area contributed by atoms with Crippen LogP contribution in [0, 0.1) is 0 Å². The smallest absolute Gasteiger partial charge is 0.310 e. The zero-order chi connectivity index (χ0) is 84.1. The average molecular weight is 1660 g/mol. The standard InChI is InChI=1S/C36H56O12.C27H44O9.C24H38O9/c1-4-27(40-19-30-22-43-30)13-7-10-16-34(37)46-25-33(48-36(39)18-12-9-15-29(6-3)42-21-32-24-45-32)26-47-35(38)17-11-8-14-28(5-2)41-20-31-23-44-31;1-4-7-10-19-22(34-19)13-25(28)31-16-18(33-27(30)15-24-21(36-24)12-9-6-3)17-32-26(29)14-23-20(35-23)11-8-5-2;1-4-7-16-19(31-16)10-22(25)28-13-15(30-24(27)12-21-18(33-21)9-6-3)14-29-23(26)11-20-17(32-20)8-5-2/h7-12,27-33H,4-6,13-26H2,1-3H3;18-24H,4-17H2,1-3H3;15-21H,4-14H2,1-3H3/b10-7+,11-8+,12-9+;;. The first-order chi connectivity index (χ1) is 56.7. The third kappa shape index (κ3) is 45.4. The van der Waals surface area contributed by atoms with E-state index in [1.165, 1.54) is 0 Å². The first-order valence-corrected chi connectivity index (χ1v) is 43.8. The molecule has 0 aliphatic carbocycles. The van der Waals surface area contributed by atoms with Gasteiger partial charge in [-0.3, -0.25) is 43.2 Å². The van der Waals surface area contributed by atoms with Gasteiger partial charge in [-0.05, 0) is 77.0 Å². The van der Waals surface area contributed by atoms with Crippen LogP contribution in [0.4, 0.5) is 0 Å². The lowest BCUT2D eigenvalue weighted by atomic mass is 10.1. The zero-order valence-electron chi connectivity index (χ0n) is 71.0. The van der Waals surface area contributed by atoms with Crippen LogP contribution in [0.3, 0.4) is 0 Å². The molecule has 0 spiro atoms. The zero-order valence-corrected chi connectivity index (χ0v) is 71.0. The minimum absolute atomic E-state index is 0.0209. The first-order valence-electron chi connectivity index (χ1n) is 43.8. The number of ether oxygens (including phenoxy) is 21. The van der Waals surface area contributed by atoms with Crippen LogP contribution >= 0.6 is 0 Å². The highest BCUT2D eigenvalue weighted by Gasteiger charge is 2.45. The molecule has 9 saturated heterocycles. The molecule has 9 rings (SSSR count). The van der Waals surface area contributed by atoms with Gasteiger partial charge in [0, 0.05) is 0 Å². The van der Waals surface area contributed by atoms with Crippen LogP contribution in [0.1, 0.15) is 255 Å². The summed E-state index contributed by atoms with van der Waals surface area (Å²) in [4.78, 5) is 111. The van der Waals surface area contributed by atoms with Crippen LogP contribution < -0.4 is 0 Å². The van der Waals surface area contributed by atoms with Gasteiger partial charge in [-0.15, -0.1) is 0 Å². The van der Waals surface area contributed by atoms with Crippen molar-refractivity contribution >= 4 is 53.7 Å². The molecule has 0 saturated carbocycles. The van der Waals surface area contributed by atoms with E-state index in [2.05, 4.69) is 41.5 Å². The van der Waals surface area contributed by atoms with Gasteiger partial charge >= 0.3 is 53.7 Å². The Kier molecular flexibility index (Phi) is 46.8. The molecular weight excluding hydrogens is 1520 g/mol. The summed E-state index contributed by atoms with van der Waals surface area (Å²) in [5, 5.41) is 0. The van der Waals surface area contributed by atoms with E-state index in [1.54, 1.807) is 18.2 Å². The number of epoxide rings is 9. The summed E-state index contributed by atoms with van der Waals surface area (Å²) in [6.07, 6.45) is 29.6. The fourth-order valence-electron chi connectivity index (χ4n) is 12.8. The summed E-state index contributed by atoms with van der Waals surface area (Å²) >= 11 is 0. The largest absolute Gasteiger partial charge is 0.462 e. The number of rotatable bonds is 66. The normalized spacial score (nSPS) is 26.6. The number of hydrogen-bond acceptors (Lipinski definition) is 30. The molecule has 117 heavy (non-hydrogen) atoms. The quantitative estimate of drug-likeness (QED) is 0.0236. The van der Waals surface area contributed by atoms with E-state index in [1.807, 2.05) is 39.0 Å². The molecule has 0 aromatic rings. The fourth-order valence-corrected chi connectivity index (χ4v) is 12.8. The Morgan fingerprint density at radius 2 is 0.504 bits per heavy atom. The third-order valence-corrected chi connectivity index (χ3v) is 20.7. The van der Waals surface area contributed by atoms with Crippen LogP contribution in [-0.2, 0) is 143 Å². The molecule has 30 heteroatoms. The Morgan fingerprint density at radius 1 is 0.274 bits per heavy atom.